The van der Waals surface area contributed by atoms with Crippen LogP contribution in [0.25, 0.3) is 0 Å². The minimum absolute atomic E-state index is 0.0961. The fourth-order valence-corrected chi connectivity index (χ4v) is 3.61. The number of rotatable bonds is 6. The van der Waals surface area contributed by atoms with Crippen molar-refractivity contribution < 1.29 is 23.1 Å². The number of benzene rings is 2. The lowest BCUT2D eigenvalue weighted by Gasteiger charge is -2.26. The average molecular weight is 549 g/mol. The van der Waals surface area contributed by atoms with Crippen molar-refractivity contribution in [2.45, 2.75) is 39.0 Å². The molecule has 1 atom stereocenters. The van der Waals surface area contributed by atoms with Crippen LogP contribution in [0.3, 0.4) is 0 Å². The lowest BCUT2D eigenvalue weighted by Crippen LogP contribution is -2.35. The van der Waals surface area contributed by atoms with Gasteiger partial charge in [0.25, 0.3) is 0 Å². The van der Waals surface area contributed by atoms with Crippen LogP contribution in [0.5, 0.6) is 0 Å². The minimum atomic E-state index is -1.23. The molecule has 0 aliphatic heterocycles. The molecule has 2 aromatic carbocycles. The maximum atomic E-state index is 14.6. The highest BCUT2D eigenvalue weighted by Gasteiger charge is 2.31. The summed E-state index contributed by atoms with van der Waals surface area (Å²) in [4.78, 5) is 24.0. The van der Waals surface area contributed by atoms with Crippen molar-refractivity contribution in [3.05, 3.63) is 55.5 Å². The second kappa shape index (κ2) is 9.40. The number of halogens is 4. The van der Waals surface area contributed by atoms with Crippen molar-refractivity contribution >= 4 is 55.5 Å². The highest BCUT2D eigenvalue weighted by atomic mass is 79.9. The van der Waals surface area contributed by atoms with Crippen molar-refractivity contribution in [2.24, 2.45) is 0 Å². The van der Waals surface area contributed by atoms with Crippen molar-refractivity contribution in [1.82, 2.24) is 5.32 Å². The summed E-state index contributed by atoms with van der Waals surface area (Å²) in [6, 6.07) is 3.04. The molecule has 0 aliphatic rings. The smallest absolute Gasteiger partial charge is 0.328 e. The van der Waals surface area contributed by atoms with Crippen molar-refractivity contribution in [3.63, 3.8) is 0 Å². The highest BCUT2D eigenvalue weighted by molar-refractivity contribution is 9.10. The van der Waals surface area contributed by atoms with Gasteiger partial charge in [-0.05, 0) is 76.4 Å². The molecular weight excluding hydrogens is 528 g/mol. The number of anilines is 2. The number of esters is 1. The largest absolute Gasteiger partial charge is 0.459 e. The Bertz CT molecular complexity index is 994. The first-order valence-corrected chi connectivity index (χ1v) is 10.4. The Kier molecular flexibility index (Phi) is 7.59. The van der Waals surface area contributed by atoms with E-state index in [0.29, 0.717) is 0 Å². The second-order valence-corrected chi connectivity index (χ2v) is 9.14. The highest BCUT2D eigenvalue weighted by Crippen LogP contribution is 2.33. The molecule has 162 valence electrons. The summed E-state index contributed by atoms with van der Waals surface area (Å²) in [6.45, 7) is 4.86. The number of hydrogen-bond acceptors (Lipinski definition) is 6. The Balaban J connectivity index is 2.51. The van der Waals surface area contributed by atoms with Gasteiger partial charge in [0, 0.05) is 23.5 Å². The van der Waals surface area contributed by atoms with Gasteiger partial charge in [0.1, 0.15) is 23.3 Å². The summed E-state index contributed by atoms with van der Waals surface area (Å²) >= 11 is 6.17. The van der Waals surface area contributed by atoms with Crippen molar-refractivity contribution in [2.75, 3.05) is 11.5 Å². The first-order valence-electron chi connectivity index (χ1n) is 8.78. The Morgan fingerprint density at radius 1 is 1.20 bits per heavy atom. The third-order valence-electron chi connectivity index (χ3n) is 4.09. The van der Waals surface area contributed by atoms with Gasteiger partial charge < -0.3 is 16.2 Å². The maximum absolute atomic E-state index is 14.6. The molecule has 0 bridgehead atoms. The van der Waals surface area contributed by atoms with Crippen LogP contribution in [0.1, 0.15) is 48.3 Å². The second-order valence-electron chi connectivity index (χ2n) is 7.49. The van der Waals surface area contributed by atoms with Gasteiger partial charge in [-0.25, -0.2) is 13.6 Å². The number of nitrogen functional groups attached to an aromatic ring is 2. The van der Waals surface area contributed by atoms with E-state index in [0.717, 1.165) is 0 Å². The van der Waals surface area contributed by atoms with Crippen LogP contribution in [0.15, 0.2) is 27.1 Å². The number of hydrogen-bond donors (Lipinski definition) is 3. The Hall–Kier alpha value is -2.04. The zero-order valence-electron chi connectivity index (χ0n) is 16.5. The number of carbonyl (C=O) groups excluding carboxylic acids is 2. The van der Waals surface area contributed by atoms with E-state index in [1.165, 1.54) is 18.2 Å². The fraction of sp³-hybridized carbons (Fsp3) is 0.300. The monoisotopic (exact) mass is 547 g/mol. The van der Waals surface area contributed by atoms with Crippen LogP contribution in [-0.2, 0) is 16.1 Å². The summed E-state index contributed by atoms with van der Waals surface area (Å²) in [5.41, 5.74) is 10.7. The molecule has 10 heteroatoms. The van der Waals surface area contributed by atoms with E-state index in [2.05, 4.69) is 37.2 Å². The number of nitrogens with one attached hydrogen (secondary N) is 1. The number of ether oxygens (including phenoxy) is 1. The Morgan fingerprint density at radius 2 is 1.83 bits per heavy atom. The molecule has 30 heavy (non-hydrogen) atoms. The normalized spacial score (nSPS) is 12.5. The Labute approximate surface area is 189 Å². The van der Waals surface area contributed by atoms with Gasteiger partial charge in [0.2, 0.25) is 0 Å². The summed E-state index contributed by atoms with van der Waals surface area (Å²) in [5, 5.41) is 2.86. The summed E-state index contributed by atoms with van der Waals surface area (Å²) in [7, 11) is 0. The van der Waals surface area contributed by atoms with Crippen molar-refractivity contribution in [3.8, 4) is 0 Å². The number of aldehydes is 1. The number of nitrogens with two attached hydrogens (primary N) is 2. The predicted octanol–water partition coefficient (Wildman–Crippen LogP) is 4.64. The summed E-state index contributed by atoms with van der Waals surface area (Å²) < 4.78 is 34.6. The molecule has 0 saturated heterocycles. The first kappa shape index (κ1) is 24.2. The van der Waals surface area contributed by atoms with E-state index >= 15 is 0 Å². The summed E-state index contributed by atoms with van der Waals surface area (Å²) in [5.74, 6) is -2.25. The molecule has 0 aliphatic carbocycles. The van der Waals surface area contributed by atoms with Crippen LogP contribution in [0, 0.1) is 11.6 Å². The molecule has 6 nitrogen and oxygen atoms in total. The van der Waals surface area contributed by atoms with Crippen LogP contribution in [-0.4, -0.2) is 17.9 Å². The fourth-order valence-electron chi connectivity index (χ4n) is 2.68. The number of carbonyl (C=O) groups is 2. The third kappa shape index (κ3) is 5.35. The van der Waals surface area contributed by atoms with Gasteiger partial charge in [0.05, 0.1) is 14.5 Å². The van der Waals surface area contributed by atoms with Gasteiger partial charge in [-0.1, -0.05) is 0 Å². The molecule has 1 unspecified atom stereocenters. The topological polar surface area (TPSA) is 107 Å². The van der Waals surface area contributed by atoms with Gasteiger partial charge in [-0.2, -0.15) is 0 Å². The molecule has 0 amide bonds. The van der Waals surface area contributed by atoms with Gasteiger partial charge in [-0.15, -0.1) is 0 Å². The van der Waals surface area contributed by atoms with Crippen LogP contribution >= 0.6 is 31.9 Å². The van der Waals surface area contributed by atoms with Crippen molar-refractivity contribution in [1.29, 1.82) is 0 Å². The van der Waals surface area contributed by atoms with Crippen LogP contribution in [0.4, 0.5) is 20.2 Å². The lowest BCUT2D eigenvalue weighted by molar-refractivity contribution is -0.157. The van der Waals surface area contributed by atoms with Gasteiger partial charge in [-0.3, -0.25) is 10.1 Å². The predicted molar refractivity (Wildman–Crippen MR) is 118 cm³/mol. The van der Waals surface area contributed by atoms with Gasteiger partial charge >= 0.3 is 5.97 Å². The zero-order valence-corrected chi connectivity index (χ0v) is 19.7. The molecule has 0 saturated carbocycles. The van der Waals surface area contributed by atoms with E-state index in [1.54, 1.807) is 20.8 Å². The van der Waals surface area contributed by atoms with Crippen LogP contribution < -0.4 is 16.8 Å². The standard InChI is InChI=1S/C20H21Br2F2N3O3/c1-20(2,3)30-19(29)18(9-6-14(26)11(8-28)17(24)15(9)22)27-7-10-13(25)5-4-12(21)16(10)23/h4-6,8,18,27H,7,25-26H2,1-3H3. The molecule has 0 aromatic heterocycles. The molecule has 0 fully saturated rings. The maximum Gasteiger partial charge on any atom is 0.328 e. The third-order valence-corrected chi connectivity index (χ3v) is 5.51. The van der Waals surface area contributed by atoms with E-state index in [4.69, 9.17) is 16.2 Å². The van der Waals surface area contributed by atoms with E-state index in [1.807, 2.05) is 0 Å². The quantitative estimate of drug-likeness (QED) is 0.276. The van der Waals surface area contributed by atoms with Gasteiger partial charge in [0.15, 0.2) is 6.29 Å². The lowest BCUT2D eigenvalue weighted by atomic mass is 10.0. The molecule has 2 aromatic rings. The molecule has 5 N–H and O–H groups in total. The van der Waals surface area contributed by atoms with E-state index < -0.39 is 29.2 Å². The molecule has 0 spiro atoms. The summed E-state index contributed by atoms with van der Waals surface area (Å²) in [6.07, 6.45) is 0.284. The minimum Gasteiger partial charge on any atom is -0.459 e. The molecule has 2 rings (SSSR count). The Morgan fingerprint density at radius 3 is 2.40 bits per heavy atom. The molecule has 0 heterocycles. The average Bonchev–Trinajstić information content (AvgIpc) is 2.64. The first-order chi connectivity index (χ1) is 13.9. The van der Waals surface area contributed by atoms with E-state index in [9.17, 15) is 18.4 Å². The molecule has 0 radical (unpaired) electrons. The molecular formula is C20H21Br2F2N3O3. The zero-order chi connectivity index (χ0) is 22.8. The van der Waals surface area contributed by atoms with Crippen LogP contribution in [0.2, 0.25) is 0 Å². The SMILES string of the molecule is CC(C)(C)OC(=O)C(NCc1c(N)ccc(Br)c1F)c1cc(N)c(C=O)c(F)c1Br. The van der Waals surface area contributed by atoms with E-state index in [-0.39, 0.29) is 49.8 Å².